The Balaban J connectivity index is 2.34. The molecule has 6 nitrogen and oxygen atoms in total. The van der Waals surface area contributed by atoms with Crippen molar-refractivity contribution in [2.75, 3.05) is 6.54 Å². The fraction of sp³-hybridized carbons (Fsp3) is 0.700. The van der Waals surface area contributed by atoms with Gasteiger partial charge in [0.2, 0.25) is 5.91 Å². The number of carboxylic acid groups (broad SMARTS) is 1. The number of aliphatic carboxylic acids is 1. The van der Waals surface area contributed by atoms with Crippen LogP contribution in [0.15, 0.2) is 0 Å². The van der Waals surface area contributed by atoms with Gasteiger partial charge in [0, 0.05) is 6.54 Å². The molecule has 6 heteroatoms. The van der Waals surface area contributed by atoms with E-state index in [-0.39, 0.29) is 18.4 Å². The zero-order chi connectivity index (χ0) is 12.1. The summed E-state index contributed by atoms with van der Waals surface area (Å²) in [5, 5.41) is 19.7. The van der Waals surface area contributed by atoms with Crippen molar-refractivity contribution in [3.05, 3.63) is 0 Å². The molecule has 0 aromatic heterocycles. The quantitative estimate of drug-likeness (QED) is 0.697. The summed E-state index contributed by atoms with van der Waals surface area (Å²) in [7, 11) is 0. The number of carbonyl (C=O) groups is 2. The molecule has 0 aromatic rings. The first kappa shape index (κ1) is 12.5. The van der Waals surface area contributed by atoms with Gasteiger partial charge in [-0.25, -0.2) is 4.79 Å². The summed E-state index contributed by atoms with van der Waals surface area (Å²) in [6.45, 7) is 1.95. The predicted octanol–water partition coefficient (Wildman–Crippen LogP) is -0.106. The van der Waals surface area contributed by atoms with Gasteiger partial charge in [-0.05, 0) is 19.8 Å². The molecular weight excluding hydrogens is 212 g/mol. The van der Waals surface area contributed by atoms with Crippen LogP contribution in [-0.4, -0.2) is 35.7 Å². The molecule has 3 unspecified atom stereocenters. The fourth-order valence-corrected chi connectivity index (χ4v) is 1.42. The van der Waals surface area contributed by atoms with Crippen LogP contribution in [0.3, 0.4) is 0 Å². The summed E-state index contributed by atoms with van der Waals surface area (Å²) < 4.78 is 5.06. The van der Waals surface area contributed by atoms with Crippen LogP contribution in [-0.2, 0) is 14.3 Å². The Labute approximate surface area is 93.2 Å². The summed E-state index contributed by atoms with van der Waals surface area (Å²) in [6, 6.07) is 1.99. The summed E-state index contributed by atoms with van der Waals surface area (Å²) in [6.07, 6.45) is -0.832. The van der Waals surface area contributed by atoms with Crippen molar-refractivity contribution >= 4 is 11.9 Å². The van der Waals surface area contributed by atoms with Crippen molar-refractivity contribution in [1.82, 2.24) is 5.32 Å². The third-order valence-electron chi connectivity index (χ3n) is 2.39. The minimum atomic E-state index is -1.04. The zero-order valence-corrected chi connectivity index (χ0v) is 8.97. The van der Waals surface area contributed by atoms with E-state index in [1.807, 2.05) is 6.07 Å². The molecule has 3 atom stereocenters. The lowest BCUT2D eigenvalue weighted by molar-refractivity contribution is -0.151. The first-order chi connectivity index (χ1) is 7.54. The molecule has 2 N–H and O–H groups in total. The van der Waals surface area contributed by atoms with E-state index in [4.69, 9.17) is 15.1 Å². The average Bonchev–Trinajstić information content (AvgIpc) is 2.74. The molecule has 1 fully saturated rings. The molecule has 16 heavy (non-hydrogen) atoms. The van der Waals surface area contributed by atoms with Crippen molar-refractivity contribution < 1.29 is 19.4 Å². The maximum absolute atomic E-state index is 11.5. The van der Waals surface area contributed by atoms with Gasteiger partial charge < -0.3 is 15.2 Å². The molecule has 0 saturated carbocycles. The van der Waals surface area contributed by atoms with Crippen molar-refractivity contribution in [1.29, 1.82) is 5.26 Å². The third kappa shape index (κ3) is 3.21. The minimum absolute atomic E-state index is 0.257. The van der Waals surface area contributed by atoms with Gasteiger partial charge in [0.15, 0.2) is 6.10 Å². The van der Waals surface area contributed by atoms with Gasteiger partial charge in [-0.1, -0.05) is 0 Å². The molecular formula is C10H14N2O4. The van der Waals surface area contributed by atoms with E-state index in [9.17, 15) is 9.59 Å². The lowest BCUT2D eigenvalue weighted by atomic mass is 10.1. The van der Waals surface area contributed by atoms with Crippen LogP contribution < -0.4 is 5.32 Å². The molecule has 1 heterocycles. The average molecular weight is 226 g/mol. The first-order valence-corrected chi connectivity index (χ1v) is 5.10. The maximum Gasteiger partial charge on any atom is 0.332 e. The van der Waals surface area contributed by atoms with Gasteiger partial charge in [-0.2, -0.15) is 5.26 Å². The molecule has 1 rings (SSSR count). The second kappa shape index (κ2) is 5.47. The number of ether oxygens (including phenoxy) is 1. The first-order valence-electron chi connectivity index (χ1n) is 5.10. The van der Waals surface area contributed by atoms with Crippen LogP contribution in [0.1, 0.15) is 19.8 Å². The van der Waals surface area contributed by atoms with Crippen LogP contribution in [0.4, 0.5) is 0 Å². The van der Waals surface area contributed by atoms with E-state index >= 15 is 0 Å². The zero-order valence-electron chi connectivity index (χ0n) is 8.97. The third-order valence-corrected chi connectivity index (χ3v) is 2.39. The lowest BCUT2D eigenvalue weighted by Crippen LogP contribution is -2.37. The molecule has 0 aliphatic carbocycles. The molecule has 1 aliphatic heterocycles. The molecule has 1 saturated heterocycles. The number of nitrogens with zero attached hydrogens (tertiary/aromatic N) is 1. The number of hydrogen-bond acceptors (Lipinski definition) is 4. The highest BCUT2D eigenvalue weighted by Gasteiger charge is 2.34. The Bertz CT molecular complexity index is 323. The number of rotatable bonds is 4. The van der Waals surface area contributed by atoms with Crippen LogP contribution in [0.5, 0.6) is 0 Å². The lowest BCUT2D eigenvalue weighted by Gasteiger charge is -2.12. The standard InChI is InChI=1S/C10H14N2O4/c1-6(4-11)5-12-9(13)7-2-3-8(16-7)10(14)15/h6-8H,2-3,5H2,1H3,(H,12,13)(H,14,15). The van der Waals surface area contributed by atoms with E-state index in [0.717, 1.165) is 0 Å². The summed E-state index contributed by atoms with van der Waals surface area (Å²) in [4.78, 5) is 22.1. The Hall–Kier alpha value is -1.61. The summed E-state index contributed by atoms with van der Waals surface area (Å²) in [5.74, 6) is -1.65. The van der Waals surface area contributed by atoms with E-state index < -0.39 is 18.2 Å². The number of nitrogens with one attached hydrogen (secondary N) is 1. The number of hydrogen-bond donors (Lipinski definition) is 2. The molecule has 0 radical (unpaired) electrons. The fourth-order valence-electron chi connectivity index (χ4n) is 1.42. The Morgan fingerprint density at radius 3 is 2.69 bits per heavy atom. The Morgan fingerprint density at radius 2 is 2.19 bits per heavy atom. The van der Waals surface area contributed by atoms with Crippen LogP contribution >= 0.6 is 0 Å². The molecule has 88 valence electrons. The summed E-state index contributed by atoms with van der Waals surface area (Å²) in [5.41, 5.74) is 0. The van der Waals surface area contributed by atoms with Gasteiger partial charge >= 0.3 is 5.97 Å². The SMILES string of the molecule is CC(C#N)CNC(=O)C1CCC(C(=O)O)O1. The monoisotopic (exact) mass is 226 g/mol. The van der Waals surface area contributed by atoms with Gasteiger partial charge in [0.1, 0.15) is 6.10 Å². The highest BCUT2D eigenvalue weighted by atomic mass is 16.5. The highest BCUT2D eigenvalue weighted by molar-refractivity contribution is 5.82. The van der Waals surface area contributed by atoms with Crippen LogP contribution in [0.25, 0.3) is 0 Å². The van der Waals surface area contributed by atoms with Crippen LogP contribution in [0.2, 0.25) is 0 Å². The number of carbonyl (C=O) groups excluding carboxylic acids is 1. The summed E-state index contributed by atoms with van der Waals surface area (Å²) >= 11 is 0. The number of carboxylic acids is 1. The van der Waals surface area contributed by atoms with Crippen LogP contribution in [0, 0.1) is 17.2 Å². The second-order valence-electron chi connectivity index (χ2n) is 3.80. The van der Waals surface area contributed by atoms with E-state index in [2.05, 4.69) is 5.32 Å². The van der Waals surface area contributed by atoms with Gasteiger partial charge in [0.05, 0.1) is 12.0 Å². The molecule has 0 spiro atoms. The Kier molecular flexibility index (Phi) is 4.26. The minimum Gasteiger partial charge on any atom is -0.479 e. The normalized spacial score (nSPS) is 25.8. The van der Waals surface area contributed by atoms with Crippen molar-refractivity contribution in [2.45, 2.75) is 32.0 Å². The van der Waals surface area contributed by atoms with Gasteiger partial charge in [0.25, 0.3) is 0 Å². The van der Waals surface area contributed by atoms with Crippen molar-refractivity contribution in [3.8, 4) is 6.07 Å². The molecule has 1 amide bonds. The molecule has 0 bridgehead atoms. The van der Waals surface area contributed by atoms with E-state index in [1.54, 1.807) is 6.92 Å². The number of amides is 1. The Morgan fingerprint density at radius 1 is 1.56 bits per heavy atom. The van der Waals surface area contributed by atoms with Crippen molar-refractivity contribution in [3.63, 3.8) is 0 Å². The predicted molar refractivity (Wildman–Crippen MR) is 53.3 cm³/mol. The van der Waals surface area contributed by atoms with Gasteiger partial charge in [-0.3, -0.25) is 4.79 Å². The molecule has 0 aromatic carbocycles. The highest BCUT2D eigenvalue weighted by Crippen LogP contribution is 2.19. The second-order valence-corrected chi connectivity index (χ2v) is 3.80. The van der Waals surface area contributed by atoms with Gasteiger partial charge in [-0.15, -0.1) is 0 Å². The molecule has 1 aliphatic rings. The smallest absolute Gasteiger partial charge is 0.332 e. The largest absolute Gasteiger partial charge is 0.479 e. The topological polar surface area (TPSA) is 99.4 Å². The maximum atomic E-state index is 11.5. The van der Waals surface area contributed by atoms with E-state index in [0.29, 0.717) is 12.8 Å². The number of nitriles is 1. The van der Waals surface area contributed by atoms with E-state index in [1.165, 1.54) is 0 Å². The van der Waals surface area contributed by atoms with Crippen molar-refractivity contribution in [2.24, 2.45) is 5.92 Å².